The van der Waals surface area contributed by atoms with Gasteiger partial charge < -0.3 is 14.8 Å². The van der Waals surface area contributed by atoms with E-state index < -0.39 is 0 Å². The van der Waals surface area contributed by atoms with Gasteiger partial charge in [0, 0.05) is 26.2 Å². The first-order valence-electron chi connectivity index (χ1n) is 8.85. The average Bonchev–Trinajstić information content (AvgIpc) is 3.20. The van der Waals surface area contributed by atoms with E-state index in [0.29, 0.717) is 18.0 Å². The first-order chi connectivity index (χ1) is 10.9. The van der Waals surface area contributed by atoms with Crippen LogP contribution in [0.5, 0.6) is 0 Å². The molecule has 1 aliphatic heterocycles. The van der Waals surface area contributed by atoms with Crippen molar-refractivity contribution in [1.29, 1.82) is 0 Å². The van der Waals surface area contributed by atoms with Gasteiger partial charge in [0.15, 0.2) is 11.8 Å². The Morgan fingerprint density at radius 2 is 2.00 bits per heavy atom. The minimum absolute atomic E-state index is 0. The van der Waals surface area contributed by atoms with Gasteiger partial charge in [0.25, 0.3) is 0 Å². The summed E-state index contributed by atoms with van der Waals surface area (Å²) in [4.78, 5) is 7.31. The van der Waals surface area contributed by atoms with Crippen molar-refractivity contribution in [1.82, 2.24) is 25.0 Å². The van der Waals surface area contributed by atoms with E-state index in [1.807, 2.05) is 18.5 Å². The normalized spacial score (nSPS) is 21.2. The maximum Gasteiger partial charge on any atom is 0.194 e. The van der Waals surface area contributed by atoms with Gasteiger partial charge >= 0.3 is 0 Å². The number of aliphatic imine (C=N–C) groups is 1. The number of halogens is 1. The quantitative estimate of drug-likeness (QED) is 0.441. The van der Waals surface area contributed by atoms with Crippen LogP contribution in [-0.4, -0.2) is 44.8 Å². The lowest BCUT2D eigenvalue weighted by Crippen LogP contribution is -2.44. The highest BCUT2D eigenvalue weighted by Gasteiger charge is 2.32. The molecule has 1 aromatic heterocycles. The Kier molecular flexibility index (Phi) is 6.50. The summed E-state index contributed by atoms with van der Waals surface area (Å²) < 4.78 is 2.02. The van der Waals surface area contributed by atoms with Gasteiger partial charge in [-0.3, -0.25) is 0 Å². The third-order valence-corrected chi connectivity index (χ3v) is 5.22. The second-order valence-electron chi connectivity index (χ2n) is 7.82. The number of rotatable bonds is 3. The molecule has 0 radical (unpaired) electrons. The largest absolute Gasteiger partial charge is 0.353 e. The molecule has 0 spiro atoms. The smallest absolute Gasteiger partial charge is 0.194 e. The summed E-state index contributed by atoms with van der Waals surface area (Å²) in [5.74, 6) is 2.91. The topological polar surface area (TPSA) is 58.3 Å². The first kappa shape index (κ1) is 19.5. The monoisotopic (exact) mass is 446 g/mol. The highest BCUT2D eigenvalue weighted by molar-refractivity contribution is 14.0. The molecule has 0 amide bonds. The van der Waals surface area contributed by atoms with Crippen LogP contribution in [0.3, 0.4) is 0 Å². The van der Waals surface area contributed by atoms with Gasteiger partial charge in [0.05, 0.1) is 0 Å². The van der Waals surface area contributed by atoms with Crippen LogP contribution in [0.1, 0.15) is 57.6 Å². The molecule has 24 heavy (non-hydrogen) atoms. The van der Waals surface area contributed by atoms with Crippen molar-refractivity contribution in [3.63, 3.8) is 0 Å². The Labute approximate surface area is 162 Å². The van der Waals surface area contributed by atoms with Gasteiger partial charge in [0.2, 0.25) is 0 Å². The van der Waals surface area contributed by atoms with Gasteiger partial charge in [-0.05, 0) is 31.6 Å². The lowest BCUT2D eigenvalue weighted by molar-refractivity contribution is 0.366. The molecule has 2 fully saturated rings. The molecule has 7 heteroatoms. The Morgan fingerprint density at radius 3 is 2.54 bits per heavy atom. The number of hydrogen-bond donors (Lipinski definition) is 1. The van der Waals surface area contributed by atoms with Gasteiger partial charge in [-0.15, -0.1) is 34.2 Å². The maximum atomic E-state index is 4.89. The SMILES string of the molecule is Cc1nnc(CN=C(NC2CCCC2)N2CCC(C)(C)C2)n1C.I. The van der Waals surface area contributed by atoms with E-state index in [-0.39, 0.29) is 24.0 Å². The molecule has 1 N–H and O–H groups in total. The van der Waals surface area contributed by atoms with Crippen molar-refractivity contribution in [3.8, 4) is 0 Å². The van der Waals surface area contributed by atoms with E-state index in [4.69, 9.17) is 4.99 Å². The minimum atomic E-state index is 0. The van der Waals surface area contributed by atoms with E-state index in [1.165, 1.54) is 32.1 Å². The zero-order chi connectivity index (χ0) is 16.4. The van der Waals surface area contributed by atoms with Crippen molar-refractivity contribution in [3.05, 3.63) is 11.6 Å². The average molecular weight is 446 g/mol. The fourth-order valence-electron chi connectivity index (χ4n) is 3.52. The summed E-state index contributed by atoms with van der Waals surface area (Å²) in [5.41, 5.74) is 0.374. The lowest BCUT2D eigenvalue weighted by atomic mass is 9.93. The molecule has 0 atom stereocenters. The summed E-state index contributed by atoms with van der Waals surface area (Å²) >= 11 is 0. The molecule has 0 bridgehead atoms. The van der Waals surface area contributed by atoms with E-state index in [2.05, 4.69) is 34.3 Å². The highest BCUT2D eigenvalue weighted by atomic mass is 127. The molecule has 2 heterocycles. The molecule has 6 nitrogen and oxygen atoms in total. The summed E-state index contributed by atoms with van der Waals surface area (Å²) in [7, 11) is 2.00. The predicted octanol–water partition coefficient (Wildman–Crippen LogP) is 2.86. The highest BCUT2D eigenvalue weighted by Crippen LogP contribution is 2.29. The second-order valence-corrected chi connectivity index (χ2v) is 7.82. The standard InChI is InChI=1S/C17H30N6.HI/c1-13-20-21-15(22(13)4)11-18-16(19-14-7-5-6-8-14)23-10-9-17(2,3)12-23;/h14H,5-12H2,1-4H3,(H,18,19);1H. The van der Waals surface area contributed by atoms with Crippen molar-refractivity contribution < 1.29 is 0 Å². The van der Waals surface area contributed by atoms with Crippen molar-refractivity contribution >= 4 is 29.9 Å². The van der Waals surface area contributed by atoms with Crippen LogP contribution in [-0.2, 0) is 13.6 Å². The Hall–Kier alpha value is -0.860. The summed E-state index contributed by atoms with van der Waals surface area (Å²) in [6.07, 6.45) is 6.41. The minimum Gasteiger partial charge on any atom is -0.353 e. The molecule has 2 aliphatic rings. The van der Waals surface area contributed by atoms with E-state index >= 15 is 0 Å². The lowest BCUT2D eigenvalue weighted by Gasteiger charge is -2.26. The number of aromatic nitrogens is 3. The van der Waals surface area contributed by atoms with Gasteiger partial charge in [-0.1, -0.05) is 26.7 Å². The zero-order valence-corrected chi connectivity index (χ0v) is 17.7. The predicted molar refractivity (Wildman–Crippen MR) is 108 cm³/mol. The number of nitrogens with one attached hydrogen (secondary N) is 1. The second kappa shape index (κ2) is 8.01. The number of hydrogen-bond acceptors (Lipinski definition) is 3. The van der Waals surface area contributed by atoms with Crippen LogP contribution < -0.4 is 5.32 Å². The van der Waals surface area contributed by atoms with Crippen molar-refractivity contribution in [2.75, 3.05) is 13.1 Å². The van der Waals surface area contributed by atoms with Crippen LogP contribution >= 0.6 is 24.0 Å². The third kappa shape index (κ3) is 4.61. The van der Waals surface area contributed by atoms with E-state index in [0.717, 1.165) is 30.7 Å². The number of nitrogens with zero attached hydrogens (tertiary/aromatic N) is 5. The fourth-order valence-corrected chi connectivity index (χ4v) is 3.52. The third-order valence-electron chi connectivity index (χ3n) is 5.22. The maximum absolute atomic E-state index is 4.89. The molecule has 3 rings (SSSR count). The van der Waals surface area contributed by atoms with Crippen molar-refractivity contribution in [2.24, 2.45) is 17.5 Å². The van der Waals surface area contributed by atoms with Crippen LogP contribution in [0.25, 0.3) is 0 Å². The van der Waals surface area contributed by atoms with Gasteiger partial charge in [-0.25, -0.2) is 4.99 Å². The van der Waals surface area contributed by atoms with Crippen LogP contribution in [0, 0.1) is 12.3 Å². The molecule has 1 saturated heterocycles. The van der Waals surface area contributed by atoms with Gasteiger partial charge in [0.1, 0.15) is 12.4 Å². The summed E-state index contributed by atoms with van der Waals surface area (Å²) in [6, 6.07) is 0.582. The first-order valence-corrected chi connectivity index (χ1v) is 8.85. The van der Waals surface area contributed by atoms with Gasteiger partial charge in [-0.2, -0.15) is 0 Å². The molecule has 136 valence electrons. The number of aryl methyl sites for hydroxylation is 1. The van der Waals surface area contributed by atoms with E-state index in [1.54, 1.807) is 0 Å². The zero-order valence-electron chi connectivity index (χ0n) is 15.4. The number of guanidine groups is 1. The Morgan fingerprint density at radius 1 is 1.29 bits per heavy atom. The van der Waals surface area contributed by atoms with Crippen LogP contribution in [0.2, 0.25) is 0 Å². The molecular formula is C17H31IN6. The molecule has 1 aromatic rings. The van der Waals surface area contributed by atoms with E-state index in [9.17, 15) is 0 Å². The van der Waals surface area contributed by atoms with Crippen LogP contribution in [0.15, 0.2) is 4.99 Å². The molecule has 1 aliphatic carbocycles. The molecular weight excluding hydrogens is 415 g/mol. The molecule has 0 unspecified atom stereocenters. The number of likely N-dealkylation sites (tertiary alicyclic amines) is 1. The Bertz CT molecular complexity index is 574. The fraction of sp³-hybridized carbons (Fsp3) is 0.824. The molecule has 0 aromatic carbocycles. The van der Waals surface area contributed by atoms with Crippen LogP contribution in [0.4, 0.5) is 0 Å². The Balaban J connectivity index is 0.00000208. The summed E-state index contributed by atoms with van der Waals surface area (Å²) in [6.45, 7) is 9.40. The molecule has 1 saturated carbocycles. The summed E-state index contributed by atoms with van der Waals surface area (Å²) in [5, 5.41) is 12.1. The van der Waals surface area contributed by atoms with Crippen molar-refractivity contribution in [2.45, 2.75) is 65.5 Å².